The lowest BCUT2D eigenvalue weighted by Crippen LogP contribution is -2.06. The van der Waals surface area contributed by atoms with Crippen LogP contribution in [-0.4, -0.2) is 39.1 Å². The fraction of sp³-hybridized carbons (Fsp3) is 1.00. The zero-order chi connectivity index (χ0) is 9.78. The van der Waals surface area contributed by atoms with E-state index in [1.807, 2.05) is 0 Å². The molecule has 4 heteroatoms. The minimum atomic E-state index is 0.387. The smallest absolute Gasteiger partial charge is 0.146 e. The topological polar surface area (TPSA) is 27.7 Å². The second kappa shape index (κ2) is 12.4. The summed E-state index contributed by atoms with van der Waals surface area (Å²) in [6, 6.07) is 0. The monoisotopic (exact) mass is 254 g/mol. The SMILES string of the molecule is COCCOCOCCCCCBr. The Morgan fingerprint density at radius 2 is 1.69 bits per heavy atom. The second-order valence-corrected chi connectivity index (χ2v) is 3.47. The summed E-state index contributed by atoms with van der Waals surface area (Å²) in [6.07, 6.45) is 3.54. The van der Waals surface area contributed by atoms with Crippen molar-refractivity contribution in [1.82, 2.24) is 0 Å². The number of unbranched alkanes of at least 4 members (excludes halogenated alkanes) is 2. The quantitative estimate of drug-likeness (QED) is 0.340. The Balaban J connectivity index is 2.76. The molecule has 13 heavy (non-hydrogen) atoms. The Morgan fingerprint density at radius 3 is 2.38 bits per heavy atom. The Bertz CT molecular complexity index is 80.9. The van der Waals surface area contributed by atoms with Crippen LogP contribution in [0.2, 0.25) is 0 Å². The molecule has 0 aliphatic carbocycles. The first-order chi connectivity index (χ1) is 6.41. The molecule has 80 valence electrons. The van der Waals surface area contributed by atoms with Crippen LogP contribution in [0.5, 0.6) is 0 Å². The minimum Gasteiger partial charge on any atom is -0.382 e. The van der Waals surface area contributed by atoms with Crippen LogP contribution in [0.1, 0.15) is 19.3 Å². The predicted octanol–water partition coefficient (Wildman–Crippen LogP) is 2.19. The van der Waals surface area contributed by atoms with Gasteiger partial charge in [-0.15, -0.1) is 0 Å². The van der Waals surface area contributed by atoms with Gasteiger partial charge in [0.05, 0.1) is 13.2 Å². The van der Waals surface area contributed by atoms with Gasteiger partial charge in [-0.3, -0.25) is 0 Å². The molecule has 0 aliphatic rings. The molecule has 0 aromatic carbocycles. The minimum absolute atomic E-state index is 0.387. The van der Waals surface area contributed by atoms with Gasteiger partial charge in [-0.2, -0.15) is 0 Å². The number of rotatable bonds is 10. The third-order valence-corrected chi connectivity index (χ3v) is 2.08. The van der Waals surface area contributed by atoms with Crippen LogP contribution >= 0.6 is 15.9 Å². The van der Waals surface area contributed by atoms with E-state index in [1.54, 1.807) is 7.11 Å². The summed E-state index contributed by atoms with van der Waals surface area (Å²) >= 11 is 3.38. The van der Waals surface area contributed by atoms with E-state index in [0.29, 0.717) is 20.0 Å². The molecule has 0 bridgehead atoms. The Kier molecular flexibility index (Phi) is 12.7. The number of hydrogen-bond acceptors (Lipinski definition) is 3. The van der Waals surface area contributed by atoms with E-state index in [1.165, 1.54) is 12.8 Å². The molecular weight excluding hydrogens is 236 g/mol. The van der Waals surface area contributed by atoms with Gasteiger partial charge in [0, 0.05) is 19.0 Å². The fourth-order valence-corrected chi connectivity index (χ4v) is 1.19. The van der Waals surface area contributed by atoms with E-state index in [2.05, 4.69) is 15.9 Å². The Hall–Kier alpha value is 0.360. The molecular formula is C9H19BrO3. The van der Waals surface area contributed by atoms with Gasteiger partial charge in [0.25, 0.3) is 0 Å². The molecule has 0 rings (SSSR count). The lowest BCUT2D eigenvalue weighted by Gasteiger charge is -2.04. The van der Waals surface area contributed by atoms with Gasteiger partial charge in [-0.1, -0.05) is 22.4 Å². The summed E-state index contributed by atoms with van der Waals surface area (Å²) in [7, 11) is 1.66. The van der Waals surface area contributed by atoms with E-state index in [4.69, 9.17) is 14.2 Å². The number of alkyl halides is 1. The molecule has 0 aromatic rings. The second-order valence-electron chi connectivity index (χ2n) is 2.68. The Morgan fingerprint density at radius 1 is 0.923 bits per heavy atom. The third-order valence-electron chi connectivity index (χ3n) is 1.52. The van der Waals surface area contributed by atoms with Gasteiger partial charge < -0.3 is 14.2 Å². The van der Waals surface area contributed by atoms with Crippen molar-refractivity contribution in [3.8, 4) is 0 Å². The van der Waals surface area contributed by atoms with E-state index in [-0.39, 0.29) is 0 Å². The average molecular weight is 255 g/mol. The maximum absolute atomic E-state index is 5.23. The summed E-state index contributed by atoms with van der Waals surface area (Å²) in [5.41, 5.74) is 0. The highest BCUT2D eigenvalue weighted by Gasteiger charge is 1.90. The summed E-state index contributed by atoms with van der Waals surface area (Å²) in [5.74, 6) is 0. The first-order valence-corrected chi connectivity index (χ1v) is 5.74. The molecule has 0 unspecified atom stereocenters. The molecule has 0 atom stereocenters. The molecule has 0 saturated carbocycles. The van der Waals surface area contributed by atoms with Gasteiger partial charge in [0.1, 0.15) is 6.79 Å². The van der Waals surface area contributed by atoms with E-state index in [0.717, 1.165) is 18.4 Å². The molecule has 0 spiro atoms. The molecule has 0 aliphatic heterocycles. The number of halogens is 1. The summed E-state index contributed by atoms with van der Waals surface area (Å²) in [5, 5.41) is 1.08. The lowest BCUT2D eigenvalue weighted by molar-refractivity contribution is -0.0663. The first kappa shape index (κ1) is 13.4. The van der Waals surface area contributed by atoms with Gasteiger partial charge in [-0.25, -0.2) is 0 Å². The van der Waals surface area contributed by atoms with Crippen LogP contribution in [0.3, 0.4) is 0 Å². The fourth-order valence-electron chi connectivity index (χ4n) is 0.794. The highest BCUT2D eigenvalue weighted by molar-refractivity contribution is 9.09. The normalized spacial score (nSPS) is 10.6. The summed E-state index contributed by atoms with van der Waals surface area (Å²) in [4.78, 5) is 0. The lowest BCUT2D eigenvalue weighted by atomic mass is 10.3. The van der Waals surface area contributed by atoms with Gasteiger partial charge in [0.15, 0.2) is 0 Å². The molecule has 0 fully saturated rings. The molecule has 3 nitrogen and oxygen atoms in total. The van der Waals surface area contributed by atoms with Crippen molar-refractivity contribution in [2.45, 2.75) is 19.3 Å². The molecule has 0 aromatic heterocycles. The predicted molar refractivity (Wildman–Crippen MR) is 56.3 cm³/mol. The van der Waals surface area contributed by atoms with E-state index >= 15 is 0 Å². The molecule has 0 radical (unpaired) electrons. The highest BCUT2D eigenvalue weighted by Crippen LogP contribution is 1.98. The van der Waals surface area contributed by atoms with Gasteiger partial charge >= 0.3 is 0 Å². The van der Waals surface area contributed by atoms with Crippen LogP contribution in [0.25, 0.3) is 0 Å². The van der Waals surface area contributed by atoms with Gasteiger partial charge in [0.2, 0.25) is 0 Å². The van der Waals surface area contributed by atoms with Crippen LogP contribution in [0.4, 0.5) is 0 Å². The van der Waals surface area contributed by atoms with Crippen LogP contribution in [0, 0.1) is 0 Å². The highest BCUT2D eigenvalue weighted by atomic mass is 79.9. The Labute approximate surface area is 88.9 Å². The van der Waals surface area contributed by atoms with Gasteiger partial charge in [-0.05, 0) is 12.8 Å². The molecule has 0 heterocycles. The average Bonchev–Trinajstić information content (AvgIpc) is 2.16. The van der Waals surface area contributed by atoms with Crippen molar-refractivity contribution >= 4 is 15.9 Å². The molecule has 0 amide bonds. The number of hydrogen-bond donors (Lipinski definition) is 0. The molecule has 0 saturated heterocycles. The van der Waals surface area contributed by atoms with E-state index < -0.39 is 0 Å². The summed E-state index contributed by atoms with van der Waals surface area (Å²) in [6.45, 7) is 2.42. The van der Waals surface area contributed by atoms with Crippen molar-refractivity contribution < 1.29 is 14.2 Å². The molecule has 0 N–H and O–H groups in total. The van der Waals surface area contributed by atoms with Crippen molar-refractivity contribution in [3.05, 3.63) is 0 Å². The number of methoxy groups -OCH3 is 1. The first-order valence-electron chi connectivity index (χ1n) is 4.62. The summed E-state index contributed by atoms with van der Waals surface area (Å²) < 4.78 is 15.2. The van der Waals surface area contributed by atoms with E-state index in [9.17, 15) is 0 Å². The van der Waals surface area contributed by atoms with Crippen molar-refractivity contribution in [2.24, 2.45) is 0 Å². The number of ether oxygens (including phenoxy) is 3. The van der Waals surface area contributed by atoms with Crippen molar-refractivity contribution in [3.63, 3.8) is 0 Å². The zero-order valence-electron chi connectivity index (χ0n) is 8.26. The zero-order valence-corrected chi connectivity index (χ0v) is 9.85. The van der Waals surface area contributed by atoms with Crippen molar-refractivity contribution in [2.75, 3.05) is 39.1 Å². The van der Waals surface area contributed by atoms with Crippen molar-refractivity contribution in [1.29, 1.82) is 0 Å². The third kappa shape index (κ3) is 12.4. The van der Waals surface area contributed by atoms with Crippen LogP contribution < -0.4 is 0 Å². The standard InChI is InChI=1S/C9H19BrO3/c1-11-7-8-13-9-12-6-4-2-3-5-10/h2-9H2,1H3. The largest absolute Gasteiger partial charge is 0.382 e. The van der Waals surface area contributed by atoms with Crippen LogP contribution in [0.15, 0.2) is 0 Å². The maximum atomic E-state index is 5.23. The maximum Gasteiger partial charge on any atom is 0.146 e. The van der Waals surface area contributed by atoms with Crippen LogP contribution in [-0.2, 0) is 14.2 Å².